The van der Waals surface area contributed by atoms with Gasteiger partial charge in [-0.25, -0.2) is 4.79 Å². The highest BCUT2D eigenvalue weighted by Crippen LogP contribution is 2.29. The van der Waals surface area contributed by atoms with E-state index in [1.54, 1.807) is 12.1 Å². The number of nitrogens with one attached hydrogen (secondary N) is 1. The molecule has 0 unspecified atom stereocenters. The van der Waals surface area contributed by atoms with E-state index in [1.165, 1.54) is 11.8 Å². The molecule has 4 nitrogen and oxygen atoms in total. The number of rotatable bonds is 4. The molecule has 2 N–H and O–H groups in total. The van der Waals surface area contributed by atoms with Gasteiger partial charge in [-0.2, -0.15) is 0 Å². The molecule has 0 spiro atoms. The van der Waals surface area contributed by atoms with Crippen LogP contribution in [0.4, 0.5) is 0 Å². The molecule has 120 valence electrons. The molecule has 1 aromatic rings. The molecule has 0 bridgehead atoms. The maximum absolute atomic E-state index is 12.6. The first-order valence-electron chi connectivity index (χ1n) is 7.38. The fourth-order valence-corrected chi connectivity index (χ4v) is 3.46. The van der Waals surface area contributed by atoms with Gasteiger partial charge < -0.3 is 10.4 Å². The Hall–Kier alpha value is -1.20. The number of carbonyl (C=O) groups excluding carboxylic acids is 1. The van der Waals surface area contributed by atoms with E-state index in [2.05, 4.69) is 5.32 Å². The molecule has 1 amide bonds. The molecule has 6 heteroatoms. The SMILES string of the molecule is CSc1ccc(Cl)c(C(=O)NC2(C(=O)O)CCCCCC2)c1. The van der Waals surface area contributed by atoms with Gasteiger partial charge >= 0.3 is 5.97 Å². The van der Waals surface area contributed by atoms with Gasteiger partial charge in [0.1, 0.15) is 5.54 Å². The van der Waals surface area contributed by atoms with Gasteiger partial charge in [-0.3, -0.25) is 4.79 Å². The van der Waals surface area contributed by atoms with Crippen LogP contribution in [0.2, 0.25) is 5.02 Å². The summed E-state index contributed by atoms with van der Waals surface area (Å²) in [5.41, 5.74) is -0.842. The molecule has 1 aromatic carbocycles. The summed E-state index contributed by atoms with van der Waals surface area (Å²) in [6.07, 6.45) is 6.48. The molecule has 0 saturated heterocycles. The molecule has 0 atom stereocenters. The minimum atomic E-state index is -1.17. The van der Waals surface area contributed by atoms with Gasteiger partial charge in [-0.05, 0) is 37.3 Å². The zero-order valence-electron chi connectivity index (χ0n) is 12.5. The Morgan fingerprint density at radius 3 is 2.41 bits per heavy atom. The Balaban J connectivity index is 2.26. The van der Waals surface area contributed by atoms with Crippen LogP contribution >= 0.6 is 23.4 Å². The van der Waals surface area contributed by atoms with Crippen molar-refractivity contribution >= 4 is 35.2 Å². The normalized spacial score (nSPS) is 17.5. The van der Waals surface area contributed by atoms with E-state index >= 15 is 0 Å². The highest BCUT2D eigenvalue weighted by atomic mass is 35.5. The van der Waals surface area contributed by atoms with Crippen LogP contribution in [-0.2, 0) is 4.79 Å². The van der Waals surface area contributed by atoms with Crippen molar-refractivity contribution in [1.29, 1.82) is 0 Å². The highest BCUT2D eigenvalue weighted by Gasteiger charge is 2.40. The fraction of sp³-hybridized carbons (Fsp3) is 0.500. The van der Waals surface area contributed by atoms with Gasteiger partial charge in [0.2, 0.25) is 0 Å². The van der Waals surface area contributed by atoms with Gasteiger partial charge in [-0.1, -0.05) is 37.3 Å². The molecule has 0 aromatic heterocycles. The molecule has 1 aliphatic carbocycles. The van der Waals surface area contributed by atoms with Crippen molar-refractivity contribution in [3.8, 4) is 0 Å². The van der Waals surface area contributed by atoms with Crippen molar-refractivity contribution in [2.45, 2.75) is 49.0 Å². The summed E-state index contributed by atoms with van der Waals surface area (Å²) in [5, 5.41) is 12.7. The van der Waals surface area contributed by atoms with Crippen LogP contribution in [0.1, 0.15) is 48.9 Å². The molecule has 1 saturated carbocycles. The monoisotopic (exact) mass is 341 g/mol. The van der Waals surface area contributed by atoms with E-state index in [9.17, 15) is 14.7 Å². The van der Waals surface area contributed by atoms with Crippen LogP contribution in [0.5, 0.6) is 0 Å². The summed E-state index contributed by atoms with van der Waals surface area (Å²) in [6, 6.07) is 5.21. The lowest BCUT2D eigenvalue weighted by molar-refractivity contribution is -0.145. The number of aliphatic carboxylic acids is 1. The molecule has 0 heterocycles. The second-order valence-electron chi connectivity index (χ2n) is 5.60. The quantitative estimate of drug-likeness (QED) is 0.642. The van der Waals surface area contributed by atoms with Crippen molar-refractivity contribution < 1.29 is 14.7 Å². The molecule has 22 heavy (non-hydrogen) atoms. The molecule has 0 aliphatic heterocycles. The van der Waals surface area contributed by atoms with Crippen LogP contribution in [0.15, 0.2) is 23.1 Å². The Morgan fingerprint density at radius 1 is 1.23 bits per heavy atom. The van der Waals surface area contributed by atoms with E-state index in [-0.39, 0.29) is 0 Å². The van der Waals surface area contributed by atoms with Crippen molar-refractivity contribution in [1.82, 2.24) is 5.32 Å². The van der Waals surface area contributed by atoms with Crippen LogP contribution in [0.3, 0.4) is 0 Å². The first-order chi connectivity index (χ1) is 10.5. The van der Waals surface area contributed by atoms with E-state index in [0.717, 1.165) is 30.6 Å². The minimum absolute atomic E-state index is 0.332. The summed E-state index contributed by atoms with van der Waals surface area (Å²) in [5.74, 6) is -1.37. The third-order valence-electron chi connectivity index (χ3n) is 4.14. The first-order valence-corrected chi connectivity index (χ1v) is 8.98. The number of thioether (sulfide) groups is 1. The molecule has 0 radical (unpaired) electrons. The third kappa shape index (κ3) is 3.76. The highest BCUT2D eigenvalue weighted by molar-refractivity contribution is 7.98. The summed E-state index contributed by atoms with van der Waals surface area (Å²) in [6.45, 7) is 0. The van der Waals surface area contributed by atoms with Gasteiger partial charge in [0.05, 0.1) is 10.6 Å². The third-order valence-corrected chi connectivity index (χ3v) is 5.19. The van der Waals surface area contributed by atoms with Gasteiger partial charge in [0.25, 0.3) is 5.91 Å². The number of benzene rings is 1. The minimum Gasteiger partial charge on any atom is -0.480 e. The van der Waals surface area contributed by atoms with E-state index in [4.69, 9.17) is 11.6 Å². The number of hydrogen-bond donors (Lipinski definition) is 2. The number of amides is 1. The first kappa shape index (κ1) is 17.2. The average molecular weight is 342 g/mol. The lowest BCUT2D eigenvalue weighted by Gasteiger charge is -2.29. The second-order valence-corrected chi connectivity index (χ2v) is 6.89. The van der Waals surface area contributed by atoms with Gasteiger partial charge in [-0.15, -0.1) is 11.8 Å². The number of carbonyl (C=O) groups is 2. The average Bonchev–Trinajstić information content (AvgIpc) is 2.74. The lowest BCUT2D eigenvalue weighted by atomic mass is 9.90. The maximum Gasteiger partial charge on any atom is 0.329 e. The second kappa shape index (κ2) is 7.38. The zero-order chi connectivity index (χ0) is 16.2. The molecule has 1 aliphatic rings. The van der Waals surface area contributed by atoms with Gasteiger partial charge in [0.15, 0.2) is 0 Å². The lowest BCUT2D eigenvalue weighted by Crippen LogP contribution is -2.54. The van der Waals surface area contributed by atoms with Crippen LogP contribution < -0.4 is 5.32 Å². The van der Waals surface area contributed by atoms with Crippen molar-refractivity contribution in [3.63, 3.8) is 0 Å². The van der Waals surface area contributed by atoms with Crippen molar-refractivity contribution in [2.75, 3.05) is 6.26 Å². The maximum atomic E-state index is 12.6. The van der Waals surface area contributed by atoms with E-state index < -0.39 is 17.4 Å². The van der Waals surface area contributed by atoms with Crippen molar-refractivity contribution in [2.24, 2.45) is 0 Å². The van der Waals surface area contributed by atoms with Gasteiger partial charge in [0, 0.05) is 4.90 Å². The standard InChI is InChI=1S/C16H20ClNO3S/c1-22-11-6-7-13(17)12(10-11)14(19)18-16(15(20)21)8-4-2-3-5-9-16/h6-7,10H,2-5,8-9H2,1H3,(H,18,19)(H,20,21). The number of carboxylic acid groups (broad SMARTS) is 1. The zero-order valence-corrected chi connectivity index (χ0v) is 14.1. The van der Waals surface area contributed by atoms with Crippen LogP contribution in [-0.4, -0.2) is 28.8 Å². The van der Waals surface area contributed by atoms with Crippen molar-refractivity contribution in [3.05, 3.63) is 28.8 Å². The Morgan fingerprint density at radius 2 is 1.86 bits per heavy atom. The summed E-state index contributed by atoms with van der Waals surface area (Å²) < 4.78 is 0. The molecule has 2 rings (SSSR count). The Bertz CT molecular complexity index is 569. The molecular weight excluding hydrogens is 322 g/mol. The van der Waals surface area contributed by atoms with Crippen LogP contribution in [0, 0.1) is 0 Å². The Labute approximate surface area is 139 Å². The smallest absolute Gasteiger partial charge is 0.329 e. The molecular formula is C16H20ClNO3S. The topological polar surface area (TPSA) is 66.4 Å². The summed E-state index contributed by atoms with van der Waals surface area (Å²) >= 11 is 7.61. The molecule has 1 fully saturated rings. The predicted molar refractivity (Wildman–Crippen MR) is 88.8 cm³/mol. The largest absolute Gasteiger partial charge is 0.480 e. The summed E-state index contributed by atoms with van der Waals surface area (Å²) in [4.78, 5) is 25.2. The van der Waals surface area contributed by atoms with E-state index in [0.29, 0.717) is 23.4 Å². The van der Waals surface area contributed by atoms with E-state index in [1.807, 2.05) is 12.3 Å². The predicted octanol–water partition coefficient (Wildman–Crippen LogP) is 3.97. The van der Waals surface area contributed by atoms with Crippen LogP contribution in [0.25, 0.3) is 0 Å². The number of hydrogen-bond acceptors (Lipinski definition) is 3. The Kier molecular flexibility index (Phi) is 5.75. The summed E-state index contributed by atoms with van der Waals surface area (Å²) in [7, 11) is 0. The number of carboxylic acids is 1. The number of halogens is 1. The fourth-order valence-electron chi connectivity index (χ4n) is 2.81.